The number of carbonyl (C=O) groups is 3. The van der Waals surface area contributed by atoms with Crippen LogP contribution < -0.4 is 30.9 Å². The van der Waals surface area contributed by atoms with E-state index in [1.54, 1.807) is 11.1 Å². The minimum atomic E-state index is -0.507. The summed E-state index contributed by atoms with van der Waals surface area (Å²) in [6.07, 6.45) is 13.4. The number of piperidine rings is 1. The zero-order valence-corrected chi connectivity index (χ0v) is 40.9. The molecule has 2 aliphatic carbocycles. The molecule has 7 aliphatic rings. The molecule has 5 aromatic rings. The molecule has 7 fully saturated rings. The van der Waals surface area contributed by atoms with Gasteiger partial charge in [-0.2, -0.15) is 9.97 Å². The van der Waals surface area contributed by atoms with Gasteiger partial charge in [0.05, 0.1) is 22.2 Å². The Kier molecular flexibility index (Phi) is 11.9. The van der Waals surface area contributed by atoms with Crippen molar-refractivity contribution >= 4 is 66.9 Å². The maximum Gasteiger partial charge on any atom is 0.328 e. The highest BCUT2D eigenvalue weighted by Gasteiger charge is 2.46. The summed E-state index contributed by atoms with van der Waals surface area (Å²) in [5.74, 6) is 0.619. The minimum Gasteiger partial charge on any atom is -0.463 e. The van der Waals surface area contributed by atoms with E-state index in [0.717, 1.165) is 114 Å². The van der Waals surface area contributed by atoms with Crippen molar-refractivity contribution in [2.75, 3.05) is 94.1 Å². The zero-order chi connectivity index (χ0) is 47.7. The number of thiazole rings is 1. The maximum atomic E-state index is 16.9. The van der Waals surface area contributed by atoms with E-state index >= 15 is 4.39 Å². The topological polar surface area (TPSA) is 178 Å². The van der Waals surface area contributed by atoms with Crippen molar-refractivity contribution < 1.29 is 23.5 Å². The third-order valence-corrected chi connectivity index (χ3v) is 17.8. The number of piperazine rings is 2. The molecule has 0 radical (unpaired) electrons. The van der Waals surface area contributed by atoms with Gasteiger partial charge in [-0.05, 0) is 106 Å². The molecule has 5 aliphatic heterocycles. The van der Waals surface area contributed by atoms with Gasteiger partial charge in [-0.1, -0.05) is 29.5 Å². The lowest BCUT2D eigenvalue weighted by molar-refractivity contribution is -0.120. The van der Waals surface area contributed by atoms with Crippen LogP contribution in [0.25, 0.3) is 32.4 Å². The summed E-state index contributed by atoms with van der Waals surface area (Å²) < 4.78 is 24.3. The van der Waals surface area contributed by atoms with Gasteiger partial charge in [-0.15, -0.1) is 0 Å². The number of carbonyl (C=O) groups excluding carboxylic acids is 3. The Morgan fingerprint density at radius 3 is 2.39 bits per heavy atom. The van der Waals surface area contributed by atoms with Crippen LogP contribution in [0.15, 0.2) is 42.6 Å². The standard InChI is InChI=1S/C52H63FN12O4S/c1-32-5-6-34(25-39(32)65-18-11-41(66)57-50(65)68)47(67)63-19-16-51(17-20-63)12-9-33(10-13-51)27-61-21-23-62(24-22-61)30-52(14-15-52)31-69-49-59-45-38(46(60-49)64-28-35-7-8-36(29-64)56-35)26-55-44(42(45)53)37-3-2-4-40-43(37)58-48(54)70-40/h2-6,25-26,33,35-36,56H,7-24,27-31H2,1H3,(H2,54,58)(H,57,66,68). The number of halogens is 1. The van der Waals surface area contributed by atoms with Crippen LogP contribution in [0.4, 0.5) is 25.8 Å². The lowest BCUT2D eigenvalue weighted by Crippen LogP contribution is -2.51. The first-order valence-electron chi connectivity index (χ1n) is 25.6. The fraction of sp³-hybridized carbons (Fsp3) is 0.558. The Labute approximate surface area is 411 Å². The Morgan fingerprint density at radius 1 is 0.886 bits per heavy atom. The Morgan fingerprint density at radius 2 is 1.64 bits per heavy atom. The molecule has 16 nitrogen and oxygen atoms in total. The first-order chi connectivity index (χ1) is 34.0. The van der Waals surface area contributed by atoms with Crippen LogP contribution in [0.2, 0.25) is 0 Å². The summed E-state index contributed by atoms with van der Waals surface area (Å²) in [7, 11) is 0. The van der Waals surface area contributed by atoms with Gasteiger partial charge in [0.2, 0.25) is 5.91 Å². The van der Waals surface area contributed by atoms with Gasteiger partial charge in [0, 0.05) is 119 Å². The zero-order valence-electron chi connectivity index (χ0n) is 40.1. The number of nitrogens with one attached hydrogen (secondary N) is 2. The number of pyridine rings is 1. The molecule has 2 aromatic carbocycles. The van der Waals surface area contributed by atoms with Crippen molar-refractivity contribution in [3.05, 3.63) is 59.5 Å². The van der Waals surface area contributed by atoms with Crippen LogP contribution in [0.5, 0.6) is 6.01 Å². The molecule has 1 spiro atoms. The Bertz CT molecular complexity index is 2840. The number of amides is 4. The number of aryl methyl sites for hydroxylation is 1. The van der Waals surface area contributed by atoms with Gasteiger partial charge >= 0.3 is 12.0 Å². The number of hydrogen-bond acceptors (Lipinski definition) is 14. The van der Waals surface area contributed by atoms with Crippen molar-refractivity contribution in [3.8, 4) is 17.3 Å². The molecule has 18 heteroatoms. The average Bonchev–Trinajstić information content (AvgIpc) is 3.89. The molecule has 12 rings (SSSR count). The number of ether oxygens (including phenoxy) is 1. The van der Waals surface area contributed by atoms with Crippen molar-refractivity contribution in [2.24, 2.45) is 16.7 Å². The lowest BCUT2D eigenvalue weighted by atomic mass is 9.65. The van der Waals surface area contributed by atoms with Crippen LogP contribution >= 0.6 is 11.3 Å². The minimum absolute atomic E-state index is 0.0142. The fourth-order valence-corrected chi connectivity index (χ4v) is 13.3. The van der Waals surface area contributed by atoms with Gasteiger partial charge in [-0.3, -0.25) is 24.8 Å². The van der Waals surface area contributed by atoms with Crippen LogP contribution in [0.3, 0.4) is 0 Å². The van der Waals surface area contributed by atoms with Crippen molar-refractivity contribution in [1.29, 1.82) is 0 Å². The SMILES string of the molecule is Cc1ccc(C(=O)N2CCC3(CCC(CN4CCN(CC5(COc6nc(N7CC8CCC(C7)N8)c7cnc(-c8cccc9sc(N)nc89)c(F)c7n6)CC5)CC4)CC3)CC2)cc1N1CCC(=O)NC1=O. The van der Waals surface area contributed by atoms with E-state index in [2.05, 4.69) is 35.3 Å². The number of benzene rings is 2. The van der Waals surface area contributed by atoms with Crippen LogP contribution in [-0.2, 0) is 4.79 Å². The van der Waals surface area contributed by atoms with Gasteiger partial charge in [0.25, 0.3) is 5.91 Å². The monoisotopic (exact) mass is 970 g/mol. The third-order valence-electron chi connectivity index (χ3n) is 16.9. The summed E-state index contributed by atoms with van der Waals surface area (Å²) in [5, 5.41) is 7.12. The van der Waals surface area contributed by atoms with Crippen molar-refractivity contribution in [1.82, 2.24) is 45.3 Å². The van der Waals surface area contributed by atoms with E-state index in [0.29, 0.717) is 75.2 Å². The summed E-state index contributed by atoms with van der Waals surface area (Å²) in [6, 6.07) is 11.7. The van der Waals surface area contributed by atoms with Crippen molar-refractivity contribution in [3.63, 3.8) is 0 Å². The number of urea groups is 1. The molecule has 2 atom stereocenters. The molecule has 3 aromatic heterocycles. The summed E-state index contributed by atoms with van der Waals surface area (Å²) in [6.45, 7) is 12.2. The van der Waals surface area contributed by atoms with Gasteiger partial charge in [0.1, 0.15) is 17.0 Å². The van der Waals surface area contributed by atoms with E-state index in [1.807, 2.05) is 48.2 Å². The van der Waals surface area contributed by atoms with Crippen molar-refractivity contribution in [2.45, 2.75) is 89.6 Å². The molecular formula is C52H63FN12O4S. The van der Waals surface area contributed by atoms with E-state index in [1.165, 1.54) is 37.0 Å². The molecule has 2 saturated carbocycles. The molecule has 4 N–H and O–H groups in total. The largest absolute Gasteiger partial charge is 0.463 e. The molecule has 8 heterocycles. The quantitative estimate of drug-likeness (QED) is 0.129. The molecule has 4 amide bonds. The number of nitrogens with zero attached hydrogens (tertiary/aromatic N) is 9. The number of likely N-dealkylation sites (tertiary alicyclic amines) is 1. The molecule has 5 saturated heterocycles. The molecular weight excluding hydrogens is 908 g/mol. The first kappa shape index (κ1) is 45.6. The maximum absolute atomic E-state index is 16.9. The lowest BCUT2D eigenvalue weighted by Gasteiger charge is -2.47. The summed E-state index contributed by atoms with van der Waals surface area (Å²) >= 11 is 1.37. The fourth-order valence-electron chi connectivity index (χ4n) is 12.5. The molecule has 70 heavy (non-hydrogen) atoms. The van der Waals surface area contributed by atoms with Crippen LogP contribution in [0, 0.1) is 29.5 Å². The summed E-state index contributed by atoms with van der Waals surface area (Å²) in [5.41, 5.74) is 10.2. The number of anilines is 3. The number of imide groups is 1. The number of aromatic nitrogens is 4. The van der Waals surface area contributed by atoms with E-state index < -0.39 is 11.8 Å². The van der Waals surface area contributed by atoms with Gasteiger partial charge in [-0.25, -0.2) is 14.2 Å². The highest BCUT2D eigenvalue weighted by atomic mass is 32.1. The highest BCUT2D eigenvalue weighted by molar-refractivity contribution is 7.22. The molecule has 2 unspecified atom stereocenters. The number of fused-ring (bicyclic) bond motifs is 4. The summed E-state index contributed by atoms with van der Waals surface area (Å²) in [4.78, 5) is 68.1. The predicted octanol–water partition coefficient (Wildman–Crippen LogP) is 6.61. The number of nitrogen functional groups attached to an aromatic ring is 1. The number of nitrogens with two attached hydrogens (primary N) is 1. The van der Waals surface area contributed by atoms with Crippen LogP contribution in [0.1, 0.15) is 86.6 Å². The second kappa shape index (κ2) is 18.2. The Hall–Kier alpha value is -5.56. The van der Waals surface area contributed by atoms with Gasteiger partial charge in [0.15, 0.2) is 10.9 Å². The average molecular weight is 971 g/mol. The number of para-hydroxylation sites is 1. The predicted molar refractivity (Wildman–Crippen MR) is 269 cm³/mol. The number of hydrogen-bond donors (Lipinski definition) is 3. The second-order valence-corrected chi connectivity index (χ2v) is 22.7. The van der Waals surface area contributed by atoms with E-state index in [-0.39, 0.29) is 40.9 Å². The third kappa shape index (κ3) is 8.93. The van der Waals surface area contributed by atoms with Gasteiger partial charge < -0.3 is 35.4 Å². The molecule has 368 valence electrons. The van der Waals surface area contributed by atoms with E-state index in [4.69, 9.17) is 20.4 Å². The molecule has 2 bridgehead atoms. The second-order valence-electron chi connectivity index (χ2n) is 21.6. The number of rotatable bonds is 11. The Balaban J connectivity index is 0.638. The highest BCUT2D eigenvalue weighted by Crippen LogP contribution is 2.48. The van der Waals surface area contributed by atoms with E-state index in [9.17, 15) is 14.4 Å². The van der Waals surface area contributed by atoms with Crippen LogP contribution in [-0.4, -0.2) is 143 Å². The normalized spacial score (nSPS) is 23.9. The smallest absolute Gasteiger partial charge is 0.328 e. The first-order valence-corrected chi connectivity index (χ1v) is 26.4.